The van der Waals surface area contributed by atoms with Gasteiger partial charge in [-0.2, -0.15) is 0 Å². The van der Waals surface area contributed by atoms with Gasteiger partial charge in [-0.1, -0.05) is 48.5 Å². The molecule has 1 N–H and O–H groups in total. The molecule has 31 heavy (non-hydrogen) atoms. The second-order valence-corrected chi connectivity index (χ2v) is 8.34. The van der Waals surface area contributed by atoms with Crippen molar-refractivity contribution in [3.8, 4) is 11.5 Å². The number of thioether (sulfide) groups is 1. The smallest absolute Gasteiger partial charge is 0.234 e. The molecule has 0 atom stereocenters. The molecule has 0 radical (unpaired) electrons. The first kappa shape index (κ1) is 19.6. The maximum atomic E-state index is 12.6. The molecule has 0 aliphatic carbocycles. The Morgan fingerprint density at radius 2 is 1.71 bits per heavy atom. The fourth-order valence-electron chi connectivity index (χ4n) is 3.70. The van der Waals surface area contributed by atoms with E-state index in [-0.39, 0.29) is 5.91 Å². The number of nitrogens with one attached hydrogen (secondary N) is 1. The summed E-state index contributed by atoms with van der Waals surface area (Å²) in [7, 11) is 0. The molecule has 6 heteroatoms. The summed E-state index contributed by atoms with van der Waals surface area (Å²) in [6.07, 6.45) is 2.14. The minimum atomic E-state index is -0.0541. The Bertz CT molecular complexity index is 1220. The van der Waals surface area contributed by atoms with Crippen LogP contribution in [-0.2, 0) is 11.3 Å². The summed E-state index contributed by atoms with van der Waals surface area (Å²) >= 11 is 1.55. The Hall–Kier alpha value is -3.38. The molecule has 1 amide bonds. The fourth-order valence-corrected chi connectivity index (χ4v) is 4.59. The monoisotopic (exact) mass is 430 g/mol. The maximum Gasteiger partial charge on any atom is 0.234 e. The van der Waals surface area contributed by atoms with Crippen LogP contribution < -0.4 is 14.8 Å². The Balaban J connectivity index is 1.29. The van der Waals surface area contributed by atoms with Crippen LogP contribution in [0.5, 0.6) is 11.5 Å². The molecule has 5 nitrogen and oxygen atoms in total. The zero-order valence-electron chi connectivity index (χ0n) is 16.9. The van der Waals surface area contributed by atoms with E-state index >= 15 is 0 Å². The Morgan fingerprint density at radius 3 is 2.58 bits per heavy atom. The average Bonchev–Trinajstić information content (AvgIpc) is 3.16. The first-order valence-electron chi connectivity index (χ1n) is 10.2. The van der Waals surface area contributed by atoms with Gasteiger partial charge >= 0.3 is 0 Å². The van der Waals surface area contributed by atoms with E-state index < -0.39 is 0 Å². The van der Waals surface area contributed by atoms with Gasteiger partial charge in [0.25, 0.3) is 0 Å². The Kier molecular flexibility index (Phi) is 5.54. The number of rotatable bonds is 6. The van der Waals surface area contributed by atoms with Crippen molar-refractivity contribution in [1.29, 1.82) is 0 Å². The number of carbonyl (C=O) groups is 1. The number of carbonyl (C=O) groups excluding carboxylic acids is 1. The number of nitrogens with zero attached hydrogens (tertiary/aromatic N) is 1. The number of anilines is 1. The van der Waals surface area contributed by atoms with Crippen LogP contribution in [0.1, 0.15) is 5.56 Å². The topological polar surface area (TPSA) is 52.5 Å². The van der Waals surface area contributed by atoms with E-state index in [0.29, 0.717) is 36.2 Å². The van der Waals surface area contributed by atoms with Gasteiger partial charge < -0.3 is 19.4 Å². The van der Waals surface area contributed by atoms with Crippen molar-refractivity contribution in [3.63, 3.8) is 0 Å². The summed E-state index contributed by atoms with van der Waals surface area (Å²) in [6.45, 7) is 1.87. The molecule has 0 unspecified atom stereocenters. The lowest BCUT2D eigenvalue weighted by atomic mass is 10.2. The lowest BCUT2D eigenvalue weighted by Gasteiger charge is -2.19. The lowest BCUT2D eigenvalue weighted by Crippen LogP contribution is -2.17. The predicted molar refractivity (Wildman–Crippen MR) is 124 cm³/mol. The minimum Gasteiger partial charge on any atom is -0.486 e. The number of para-hydroxylation sites is 1. The summed E-state index contributed by atoms with van der Waals surface area (Å²) in [5.74, 6) is 1.65. The highest BCUT2D eigenvalue weighted by atomic mass is 32.2. The van der Waals surface area contributed by atoms with E-state index in [1.54, 1.807) is 11.8 Å². The van der Waals surface area contributed by atoms with Crippen LogP contribution in [0.15, 0.2) is 83.9 Å². The van der Waals surface area contributed by atoms with E-state index in [0.717, 1.165) is 16.8 Å². The molecular formula is C25H22N2O3S. The van der Waals surface area contributed by atoms with Gasteiger partial charge in [0.1, 0.15) is 13.2 Å². The molecule has 4 aromatic rings. The zero-order valence-corrected chi connectivity index (χ0v) is 17.7. The summed E-state index contributed by atoms with van der Waals surface area (Å²) in [5, 5.41) is 4.12. The molecule has 2 heterocycles. The van der Waals surface area contributed by atoms with Crippen molar-refractivity contribution in [2.24, 2.45) is 0 Å². The van der Waals surface area contributed by atoms with Crippen LogP contribution >= 0.6 is 11.8 Å². The number of aromatic nitrogens is 1. The van der Waals surface area contributed by atoms with Crippen LogP contribution in [-0.4, -0.2) is 29.4 Å². The molecule has 0 saturated heterocycles. The third-order valence-electron chi connectivity index (χ3n) is 5.13. The fraction of sp³-hybridized carbons (Fsp3) is 0.160. The van der Waals surface area contributed by atoms with Gasteiger partial charge in [0.15, 0.2) is 11.5 Å². The SMILES string of the molecule is O=C(CSc1cn(Cc2ccccc2)c2ccccc12)Nc1ccc2c(c1)OCCO2. The zero-order chi connectivity index (χ0) is 21.0. The van der Waals surface area contributed by atoms with Crippen LogP contribution in [0.3, 0.4) is 0 Å². The van der Waals surface area contributed by atoms with Gasteiger partial charge in [0, 0.05) is 40.3 Å². The Morgan fingerprint density at radius 1 is 0.935 bits per heavy atom. The highest BCUT2D eigenvalue weighted by molar-refractivity contribution is 8.00. The minimum absolute atomic E-state index is 0.0541. The molecule has 5 rings (SSSR count). The second-order valence-electron chi connectivity index (χ2n) is 7.32. The van der Waals surface area contributed by atoms with E-state index in [9.17, 15) is 4.79 Å². The second kappa shape index (κ2) is 8.78. The summed E-state index contributed by atoms with van der Waals surface area (Å²) in [6, 6.07) is 24.2. The quantitative estimate of drug-likeness (QED) is 0.428. The van der Waals surface area contributed by atoms with Crippen molar-refractivity contribution >= 4 is 34.3 Å². The number of fused-ring (bicyclic) bond motifs is 2. The summed E-state index contributed by atoms with van der Waals surface area (Å²) in [4.78, 5) is 13.7. The summed E-state index contributed by atoms with van der Waals surface area (Å²) in [5.41, 5.74) is 3.12. The van der Waals surface area contributed by atoms with E-state index in [4.69, 9.17) is 9.47 Å². The van der Waals surface area contributed by atoms with Crippen molar-refractivity contribution in [1.82, 2.24) is 4.57 Å². The first-order valence-corrected chi connectivity index (χ1v) is 11.2. The molecular weight excluding hydrogens is 408 g/mol. The summed E-state index contributed by atoms with van der Waals surface area (Å²) < 4.78 is 13.4. The van der Waals surface area contributed by atoms with Crippen molar-refractivity contribution in [2.75, 3.05) is 24.3 Å². The normalized spacial score (nSPS) is 12.6. The third kappa shape index (κ3) is 4.39. The van der Waals surface area contributed by atoms with Gasteiger partial charge in [-0.3, -0.25) is 4.79 Å². The molecule has 3 aromatic carbocycles. The molecule has 0 spiro atoms. The van der Waals surface area contributed by atoms with Crippen LogP contribution in [0.4, 0.5) is 5.69 Å². The number of hydrogen-bond donors (Lipinski definition) is 1. The van der Waals surface area contributed by atoms with E-state index in [1.165, 1.54) is 11.1 Å². The Labute approximate surface area is 185 Å². The molecule has 1 aromatic heterocycles. The van der Waals surface area contributed by atoms with Crippen LogP contribution in [0.25, 0.3) is 10.9 Å². The largest absolute Gasteiger partial charge is 0.486 e. The maximum absolute atomic E-state index is 12.6. The molecule has 0 saturated carbocycles. The number of benzene rings is 3. The lowest BCUT2D eigenvalue weighted by molar-refractivity contribution is -0.113. The van der Waals surface area contributed by atoms with Gasteiger partial charge in [-0.05, 0) is 23.8 Å². The molecule has 0 bridgehead atoms. The van der Waals surface area contributed by atoms with Crippen molar-refractivity contribution < 1.29 is 14.3 Å². The predicted octanol–water partition coefficient (Wildman–Crippen LogP) is 5.19. The van der Waals surface area contributed by atoms with E-state index in [1.807, 2.05) is 36.4 Å². The van der Waals surface area contributed by atoms with Crippen LogP contribution in [0.2, 0.25) is 0 Å². The van der Waals surface area contributed by atoms with Crippen molar-refractivity contribution in [3.05, 3.63) is 84.6 Å². The van der Waals surface area contributed by atoms with Crippen molar-refractivity contribution in [2.45, 2.75) is 11.4 Å². The van der Waals surface area contributed by atoms with Gasteiger partial charge in [0.05, 0.1) is 5.75 Å². The highest BCUT2D eigenvalue weighted by Gasteiger charge is 2.14. The van der Waals surface area contributed by atoms with Crippen LogP contribution in [0, 0.1) is 0 Å². The highest BCUT2D eigenvalue weighted by Crippen LogP contribution is 2.33. The first-order chi connectivity index (χ1) is 15.3. The van der Waals surface area contributed by atoms with Gasteiger partial charge in [-0.15, -0.1) is 11.8 Å². The molecule has 156 valence electrons. The number of amides is 1. The average molecular weight is 431 g/mol. The molecule has 1 aliphatic rings. The molecule has 1 aliphatic heterocycles. The standard InChI is InChI=1S/C25H22N2O3S/c28-25(26-19-10-11-22-23(14-19)30-13-12-29-22)17-31-24-16-27(15-18-6-2-1-3-7-18)21-9-5-4-8-20(21)24/h1-11,14,16H,12-13,15,17H2,(H,26,28). The number of hydrogen-bond acceptors (Lipinski definition) is 4. The molecule has 0 fully saturated rings. The third-order valence-corrected chi connectivity index (χ3v) is 6.18. The van der Waals surface area contributed by atoms with Gasteiger partial charge in [-0.25, -0.2) is 0 Å². The van der Waals surface area contributed by atoms with E-state index in [2.05, 4.69) is 52.5 Å². The van der Waals surface area contributed by atoms with Gasteiger partial charge in [0.2, 0.25) is 5.91 Å². The number of ether oxygens (including phenoxy) is 2.